The van der Waals surface area contributed by atoms with Crippen LogP contribution in [0.1, 0.15) is 24.2 Å². The molecule has 0 aromatic heterocycles. The molecule has 2 N–H and O–H groups in total. The molecular weight excluding hydrogens is 382 g/mol. The maximum absolute atomic E-state index is 11.6. The lowest BCUT2D eigenvalue weighted by Gasteiger charge is -2.25. The number of hydrogen-bond donors (Lipinski definition) is 2. The summed E-state index contributed by atoms with van der Waals surface area (Å²) in [6.07, 6.45) is -0.618. The highest BCUT2D eigenvalue weighted by Crippen LogP contribution is 2.33. The highest BCUT2D eigenvalue weighted by atomic mass is 35.5. The molecule has 1 aliphatic rings. The number of carbonyl (C=O) groups is 1. The Bertz CT molecular complexity index is 828. The van der Waals surface area contributed by atoms with Gasteiger partial charge in [0.15, 0.2) is 11.5 Å². The van der Waals surface area contributed by atoms with Crippen LogP contribution in [0.2, 0.25) is 5.02 Å². The predicted molar refractivity (Wildman–Crippen MR) is 106 cm³/mol. The van der Waals surface area contributed by atoms with Gasteiger partial charge in [-0.25, -0.2) is 4.79 Å². The van der Waals surface area contributed by atoms with Gasteiger partial charge in [0.25, 0.3) is 0 Å². The van der Waals surface area contributed by atoms with Crippen LogP contribution in [0.5, 0.6) is 11.5 Å². The number of nitrogens with one attached hydrogen (secondary N) is 1. The fourth-order valence-corrected chi connectivity index (χ4v) is 3.26. The molecule has 2 aromatic carbocycles. The fraction of sp³-hybridized carbons (Fsp3) is 0.381. The molecule has 0 bridgehead atoms. The number of halogens is 1. The van der Waals surface area contributed by atoms with Gasteiger partial charge in [-0.2, -0.15) is 0 Å². The predicted octanol–water partition coefficient (Wildman–Crippen LogP) is 2.91. The molecule has 0 aliphatic carbocycles. The SMILES string of the molecule is COC(=O)C1COc2cc(CC(C)NC[C@H](O)c3cccc(Cl)c3)ccc2O1. The van der Waals surface area contributed by atoms with E-state index in [0.29, 0.717) is 23.1 Å². The van der Waals surface area contributed by atoms with Gasteiger partial charge in [0.1, 0.15) is 6.61 Å². The molecule has 1 heterocycles. The maximum atomic E-state index is 11.6. The second-order valence-corrected chi connectivity index (χ2v) is 7.24. The zero-order valence-electron chi connectivity index (χ0n) is 15.9. The Balaban J connectivity index is 1.53. The van der Waals surface area contributed by atoms with Gasteiger partial charge in [-0.3, -0.25) is 0 Å². The van der Waals surface area contributed by atoms with Gasteiger partial charge in [-0.05, 0) is 48.7 Å². The molecule has 2 unspecified atom stereocenters. The van der Waals surface area contributed by atoms with E-state index in [0.717, 1.165) is 17.5 Å². The summed E-state index contributed by atoms with van der Waals surface area (Å²) >= 11 is 5.97. The zero-order valence-corrected chi connectivity index (χ0v) is 16.6. The Morgan fingerprint density at radius 1 is 1.32 bits per heavy atom. The topological polar surface area (TPSA) is 77.0 Å². The minimum Gasteiger partial charge on any atom is -0.485 e. The summed E-state index contributed by atoms with van der Waals surface area (Å²) in [5.41, 5.74) is 1.85. The maximum Gasteiger partial charge on any atom is 0.350 e. The van der Waals surface area contributed by atoms with Crippen LogP contribution in [-0.2, 0) is 16.0 Å². The van der Waals surface area contributed by atoms with E-state index in [1.54, 1.807) is 18.2 Å². The van der Waals surface area contributed by atoms with Crippen molar-refractivity contribution in [2.24, 2.45) is 0 Å². The van der Waals surface area contributed by atoms with Crippen molar-refractivity contribution in [1.82, 2.24) is 5.32 Å². The Morgan fingerprint density at radius 2 is 2.14 bits per heavy atom. The van der Waals surface area contributed by atoms with Crippen LogP contribution in [0, 0.1) is 0 Å². The second-order valence-electron chi connectivity index (χ2n) is 6.81. The Morgan fingerprint density at radius 3 is 2.89 bits per heavy atom. The lowest BCUT2D eigenvalue weighted by atomic mass is 10.0. The largest absolute Gasteiger partial charge is 0.485 e. The summed E-state index contributed by atoms with van der Waals surface area (Å²) in [4.78, 5) is 11.6. The number of ether oxygens (including phenoxy) is 3. The van der Waals surface area contributed by atoms with Crippen LogP contribution in [0.25, 0.3) is 0 Å². The molecule has 2 aromatic rings. The van der Waals surface area contributed by atoms with E-state index < -0.39 is 18.2 Å². The first-order valence-electron chi connectivity index (χ1n) is 9.13. The number of hydrogen-bond acceptors (Lipinski definition) is 6. The molecule has 0 amide bonds. The summed E-state index contributed by atoms with van der Waals surface area (Å²) in [7, 11) is 1.32. The lowest BCUT2D eigenvalue weighted by Crippen LogP contribution is -2.37. The van der Waals surface area contributed by atoms with Crippen LogP contribution in [0.4, 0.5) is 0 Å². The summed E-state index contributed by atoms with van der Waals surface area (Å²) in [6.45, 7) is 2.60. The Labute approximate surface area is 169 Å². The van der Waals surface area contributed by atoms with Crippen molar-refractivity contribution in [3.8, 4) is 11.5 Å². The Kier molecular flexibility index (Phi) is 6.78. The minimum absolute atomic E-state index is 0.128. The lowest BCUT2D eigenvalue weighted by molar-refractivity contribution is -0.151. The van der Waals surface area contributed by atoms with Crippen LogP contribution >= 0.6 is 11.6 Å². The first-order chi connectivity index (χ1) is 13.5. The first-order valence-corrected chi connectivity index (χ1v) is 9.51. The molecule has 28 heavy (non-hydrogen) atoms. The second kappa shape index (κ2) is 9.28. The Hall–Kier alpha value is -2.28. The minimum atomic E-state index is -0.739. The number of fused-ring (bicyclic) bond motifs is 1. The zero-order chi connectivity index (χ0) is 20.1. The molecule has 150 valence electrons. The van der Waals surface area contributed by atoms with Gasteiger partial charge in [-0.15, -0.1) is 0 Å². The summed E-state index contributed by atoms with van der Waals surface area (Å²) < 4.78 is 16.0. The first kappa shape index (κ1) is 20.5. The van der Waals surface area contributed by atoms with Crippen LogP contribution < -0.4 is 14.8 Å². The van der Waals surface area contributed by atoms with Crippen LogP contribution in [0.3, 0.4) is 0 Å². The fourth-order valence-electron chi connectivity index (χ4n) is 3.06. The third-order valence-electron chi connectivity index (χ3n) is 4.57. The smallest absolute Gasteiger partial charge is 0.350 e. The number of aliphatic hydroxyl groups excluding tert-OH is 1. The molecule has 7 heteroatoms. The third kappa shape index (κ3) is 5.16. The third-order valence-corrected chi connectivity index (χ3v) is 4.80. The van der Waals surface area contributed by atoms with Crippen molar-refractivity contribution >= 4 is 17.6 Å². The van der Waals surface area contributed by atoms with E-state index in [4.69, 9.17) is 21.1 Å². The van der Waals surface area contributed by atoms with Gasteiger partial charge in [0, 0.05) is 17.6 Å². The summed E-state index contributed by atoms with van der Waals surface area (Å²) in [6, 6.07) is 13.0. The summed E-state index contributed by atoms with van der Waals surface area (Å²) in [5.74, 6) is 0.692. The van der Waals surface area contributed by atoms with Crippen molar-refractivity contribution in [3.63, 3.8) is 0 Å². The van der Waals surface area contributed by atoms with E-state index in [-0.39, 0.29) is 12.6 Å². The normalized spacial score (nSPS) is 17.6. The van der Waals surface area contributed by atoms with Crippen LogP contribution in [0.15, 0.2) is 42.5 Å². The van der Waals surface area contributed by atoms with E-state index in [9.17, 15) is 9.90 Å². The molecular formula is C21H24ClNO5. The number of carbonyl (C=O) groups excluding carboxylic acids is 1. The molecule has 0 radical (unpaired) electrons. The van der Waals surface area contributed by atoms with Gasteiger partial charge >= 0.3 is 5.97 Å². The van der Waals surface area contributed by atoms with Crippen molar-refractivity contribution in [2.45, 2.75) is 31.6 Å². The van der Waals surface area contributed by atoms with Gasteiger partial charge in [-0.1, -0.05) is 29.8 Å². The van der Waals surface area contributed by atoms with Crippen molar-refractivity contribution < 1.29 is 24.1 Å². The average molecular weight is 406 g/mol. The van der Waals surface area contributed by atoms with Gasteiger partial charge < -0.3 is 24.6 Å². The number of esters is 1. The average Bonchev–Trinajstić information content (AvgIpc) is 2.71. The van der Waals surface area contributed by atoms with E-state index >= 15 is 0 Å². The highest BCUT2D eigenvalue weighted by Gasteiger charge is 2.28. The van der Waals surface area contributed by atoms with Crippen LogP contribution in [-0.4, -0.2) is 43.5 Å². The highest BCUT2D eigenvalue weighted by molar-refractivity contribution is 6.30. The number of benzene rings is 2. The number of methoxy groups -OCH3 is 1. The van der Waals surface area contributed by atoms with E-state index in [1.807, 2.05) is 24.3 Å². The molecule has 6 nitrogen and oxygen atoms in total. The standard InChI is InChI=1S/C21H24ClNO5/c1-13(23-11-17(24)15-4-3-5-16(22)10-15)8-14-6-7-18-19(9-14)27-12-20(28-18)21(25)26-2/h3-7,9-10,13,17,20,23-24H,8,11-12H2,1-2H3/t13?,17-,20?/m0/s1. The van der Waals surface area contributed by atoms with Gasteiger partial charge in [0.05, 0.1) is 13.2 Å². The molecule has 3 rings (SSSR count). The monoisotopic (exact) mass is 405 g/mol. The quantitative estimate of drug-likeness (QED) is 0.690. The van der Waals surface area contributed by atoms with Crippen molar-refractivity contribution in [3.05, 3.63) is 58.6 Å². The van der Waals surface area contributed by atoms with Gasteiger partial charge in [0.2, 0.25) is 6.10 Å². The van der Waals surface area contributed by atoms with Crippen molar-refractivity contribution in [1.29, 1.82) is 0 Å². The number of aliphatic hydroxyl groups is 1. The molecule has 3 atom stereocenters. The number of rotatable bonds is 7. The summed E-state index contributed by atoms with van der Waals surface area (Å²) in [5, 5.41) is 14.3. The van der Waals surface area contributed by atoms with Crippen molar-refractivity contribution in [2.75, 3.05) is 20.3 Å². The molecule has 0 saturated carbocycles. The molecule has 1 aliphatic heterocycles. The molecule has 0 fully saturated rings. The molecule has 0 spiro atoms. The molecule has 0 saturated heterocycles. The van der Waals surface area contributed by atoms with E-state index in [1.165, 1.54) is 7.11 Å². The van der Waals surface area contributed by atoms with E-state index in [2.05, 4.69) is 17.0 Å².